The molecule has 0 atom stereocenters. The van der Waals surface area contributed by atoms with E-state index in [-0.39, 0.29) is 5.91 Å². The van der Waals surface area contributed by atoms with Gasteiger partial charge in [-0.1, -0.05) is 37.1 Å². The van der Waals surface area contributed by atoms with Gasteiger partial charge in [0.2, 0.25) is 5.95 Å². The van der Waals surface area contributed by atoms with E-state index in [4.69, 9.17) is 5.73 Å². The number of nitrogens with two attached hydrogens (primary N) is 1. The molecule has 1 fully saturated rings. The van der Waals surface area contributed by atoms with Crippen LogP contribution in [0.2, 0.25) is 0 Å². The van der Waals surface area contributed by atoms with Crippen molar-refractivity contribution in [3.63, 3.8) is 0 Å². The van der Waals surface area contributed by atoms with Crippen molar-refractivity contribution in [2.24, 2.45) is 0 Å². The van der Waals surface area contributed by atoms with E-state index < -0.39 is 0 Å². The molecular weight excluding hydrogens is 388 g/mol. The van der Waals surface area contributed by atoms with Crippen LogP contribution in [0.25, 0.3) is 16.8 Å². The summed E-state index contributed by atoms with van der Waals surface area (Å²) >= 11 is 0. The highest BCUT2D eigenvalue weighted by atomic mass is 16.1. The Bertz CT molecular complexity index is 1240. The third kappa shape index (κ3) is 4.07. The third-order valence-electron chi connectivity index (χ3n) is 5.69. The van der Waals surface area contributed by atoms with Crippen molar-refractivity contribution in [2.45, 2.75) is 31.7 Å². The van der Waals surface area contributed by atoms with Crippen molar-refractivity contribution in [3.05, 3.63) is 72.4 Å². The summed E-state index contributed by atoms with van der Waals surface area (Å²) in [5.74, 6) is 0.460. The zero-order valence-corrected chi connectivity index (χ0v) is 17.1. The van der Waals surface area contributed by atoms with Gasteiger partial charge in [-0.15, -0.1) is 5.10 Å². The highest BCUT2D eigenvalue weighted by Gasteiger charge is 2.18. The van der Waals surface area contributed by atoms with Gasteiger partial charge in [0.05, 0.1) is 11.4 Å². The summed E-state index contributed by atoms with van der Waals surface area (Å²) < 4.78 is 1.72. The number of hydrogen-bond acceptors (Lipinski definition) is 5. The smallest absolute Gasteiger partial charge is 0.251 e. The van der Waals surface area contributed by atoms with Crippen molar-refractivity contribution >= 4 is 28.9 Å². The number of amides is 1. The molecule has 5 rings (SSSR count). The van der Waals surface area contributed by atoms with Gasteiger partial charge in [-0.3, -0.25) is 4.79 Å². The number of pyridine rings is 1. The van der Waals surface area contributed by atoms with E-state index in [2.05, 4.69) is 20.7 Å². The molecule has 1 aliphatic carbocycles. The van der Waals surface area contributed by atoms with E-state index in [1.165, 1.54) is 12.8 Å². The van der Waals surface area contributed by atoms with Gasteiger partial charge in [-0.2, -0.15) is 4.98 Å². The number of benzene rings is 2. The molecule has 2 heterocycles. The highest BCUT2D eigenvalue weighted by molar-refractivity contribution is 5.95. The van der Waals surface area contributed by atoms with Gasteiger partial charge in [0.15, 0.2) is 5.65 Å². The Kier molecular flexibility index (Phi) is 5.00. The summed E-state index contributed by atoms with van der Waals surface area (Å²) in [6.45, 7) is 0. The predicted molar refractivity (Wildman–Crippen MR) is 122 cm³/mol. The SMILES string of the molecule is Nc1ccccc1Nc1nc2ccc(-c3cccc(C(=O)NC4CCCC4)c3)cn2n1. The number of hydrogen-bond donors (Lipinski definition) is 3. The number of fused-ring (bicyclic) bond motifs is 1. The summed E-state index contributed by atoms with van der Waals surface area (Å²) in [6.07, 6.45) is 6.43. The van der Waals surface area contributed by atoms with Gasteiger partial charge >= 0.3 is 0 Å². The molecule has 0 bridgehead atoms. The minimum Gasteiger partial charge on any atom is -0.397 e. The minimum absolute atomic E-state index is 0.0116. The maximum Gasteiger partial charge on any atom is 0.251 e. The number of carbonyl (C=O) groups is 1. The van der Waals surface area contributed by atoms with Crippen LogP contribution in [-0.4, -0.2) is 26.5 Å². The first-order chi connectivity index (χ1) is 15.2. The van der Waals surface area contributed by atoms with Gasteiger partial charge in [0.25, 0.3) is 5.91 Å². The fourth-order valence-corrected chi connectivity index (χ4v) is 4.02. The van der Waals surface area contributed by atoms with Crippen LogP contribution in [0.5, 0.6) is 0 Å². The van der Waals surface area contributed by atoms with Crippen LogP contribution < -0.4 is 16.4 Å². The second-order valence-corrected chi connectivity index (χ2v) is 7.90. The molecule has 1 saturated carbocycles. The Labute approximate surface area is 180 Å². The number of nitrogen functional groups attached to an aromatic ring is 1. The van der Waals surface area contributed by atoms with Gasteiger partial charge in [0, 0.05) is 23.4 Å². The normalized spacial score (nSPS) is 14.1. The second-order valence-electron chi connectivity index (χ2n) is 7.90. The lowest BCUT2D eigenvalue weighted by molar-refractivity contribution is 0.0938. The maximum absolute atomic E-state index is 12.6. The lowest BCUT2D eigenvalue weighted by Crippen LogP contribution is -2.32. The molecule has 7 heteroatoms. The first kappa shape index (κ1) is 19.1. The van der Waals surface area contributed by atoms with Crippen LogP contribution in [0, 0.1) is 0 Å². The largest absolute Gasteiger partial charge is 0.397 e. The molecule has 2 aromatic carbocycles. The van der Waals surface area contributed by atoms with Crippen molar-refractivity contribution in [1.29, 1.82) is 0 Å². The number of anilines is 3. The molecule has 0 aliphatic heterocycles. The Morgan fingerprint density at radius 2 is 1.84 bits per heavy atom. The molecule has 0 unspecified atom stereocenters. The Morgan fingerprint density at radius 3 is 2.68 bits per heavy atom. The lowest BCUT2D eigenvalue weighted by Gasteiger charge is -2.12. The third-order valence-corrected chi connectivity index (χ3v) is 5.69. The summed E-state index contributed by atoms with van der Waals surface area (Å²) in [5, 5.41) is 10.8. The van der Waals surface area contributed by atoms with E-state index in [0.717, 1.165) is 35.3 Å². The second kappa shape index (κ2) is 8.10. The first-order valence-electron chi connectivity index (χ1n) is 10.5. The molecule has 2 aromatic heterocycles. The molecule has 4 N–H and O–H groups in total. The zero-order valence-electron chi connectivity index (χ0n) is 17.1. The van der Waals surface area contributed by atoms with Crippen LogP contribution in [0.15, 0.2) is 66.9 Å². The zero-order chi connectivity index (χ0) is 21.2. The van der Waals surface area contributed by atoms with Gasteiger partial charge < -0.3 is 16.4 Å². The van der Waals surface area contributed by atoms with Crippen molar-refractivity contribution in [2.75, 3.05) is 11.1 Å². The average molecular weight is 412 g/mol. The topological polar surface area (TPSA) is 97.3 Å². The Hall–Kier alpha value is -3.87. The quantitative estimate of drug-likeness (QED) is 0.422. The Balaban J connectivity index is 1.39. The number of carbonyl (C=O) groups excluding carboxylic acids is 1. The van der Waals surface area contributed by atoms with E-state index >= 15 is 0 Å². The van der Waals surface area contributed by atoms with Crippen molar-refractivity contribution < 1.29 is 4.79 Å². The molecule has 156 valence electrons. The molecule has 1 aliphatic rings. The number of nitrogens with zero attached hydrogens (tertiary/aromatic N) is 3. The molecule has 7 nitrogen and oxygen atoms in total. The van der Waals surface area contributed by atoms with Crippen molar-refractivity contribution in [3.8, 4) is 11.1 Å². The molecule has 1 amide bonds. The lowest BCUT2D eigenvalue weighted by atomic mass is 10.0. The summed E-state index contributed by atoms with van der Waals surface area (Å²) in [4.78, 5) is 17.2. The number of aromatic nitrogens is 3. The van der Waals surface area contributed by atoms with Crippen LogP contribution in [0.3, 0.4) is 0 Å². The van der Waals surface area contributed by atoms with E-state index in [9.17, 15) is 4.79 Å². The average Bonchev–Trinajstić information content (AvgIpc) is 3.44. The Morgan fingerprint density at radius 1 is 1.00 bits per heavy atom. The predicted octanol–water partition coefficient (Wildman–Crippen LogP) is 4.39. The summed E-state index contributed by atoms with van der Waals surface area (Å²) in [5.41, 5.74) is 10.7. The van der Waals surface area contributed by atoms with Crippen LogP contribution in [-0.2, 0) is 0 Å². The maximum atomic E-state index is 12.6. The molecule has 0 spiro atoms. The minimum atomic E-state index is -0.0116. The van der Waals surface area contributed by atoms with E-state index in [0.29, 0.717) is 23.2 Å². The number of para-hydroxylation sites is 2. The summed E-state index contributed by atoms with van der Waals surface area (Å²) in [6, 6.07) is 19.4. The van der Waals surface area contributed by atoms with Crippen LogP contribution in [0.1, 0.15) is 36.0 Å². The highest BCUT2D eigenvalue weighted by Crippen LogP contribution is 2.24. The van der Waals surface area contributed by atoms with Gasteiger partial charge in [-0.05, 0) is 54.8 Å². The molecule has 4 aromatic rings. The van der Waals surface area contributed by atoms with Gasteiger partial charge in [0.1, 0.15) is 0 Å². The van der Waals surface area contributed by atoms with Crippen molar-refractivity contribution in [1.82, 2.24) is 19.9 Å². The molecule has 0 saturated heterocycles. The monoisotopic (exact) mass is 412 g/mol. The summed E-state index contributed by atoms with van der Waals surface area (Å²) in [7, 11) is 0. The fraction of sp³-hybridized carbons (Fsp3) is 0.208. The van der Waals surface area contributed by atoms with E-state index in [1.54, 1.807) is 4.52 Å². The molecule has 31 heavy (non-hydrogen) atoms. The van der Waals surface area contributed by atoms with E-state index in [1.807, 2.05) is 66.9 Å². The van der Waals surface area contributed by atoms with Gasteiger partial charge in [-0.25, -0.2) is 4.52 Å². The number of rotatable bonds is 5. The first-order valence-corrected chi connectivity index (χ1v) is 10.5. The van der Waals surface area contributed by atoms with Crippen LogP contribution >= 0.6 is 0 Å². The van der Waals surface area contributed by atoms with Crippen LogP contribution in [0.4, 0.5) is 17.3 Å². The number of nitrogens with one attached hydrogen (secondary N) is 2. The standard InChI is InChI=1S/C24H24N6O/c25-20-10-3-4-11-21(20)27-24-28-22-13-12-18(15-30(22)29-24)16-6-5-7-17(14-16)23(31)26-19-8-1-2-9-19/h3-7,10-15,19H,1-2,8-9,25H2,(H,26,31)(H,27,29). The molecule has 0 radical (unpaired) electrons. The molecular formula is C24H24N6O. The fourth-order valence-electron chi connectivity index (χ4n) is 4.02.